The van der Waals surface area contributed by atoms with E-state index in [-0.39, 0.29) is 17.2 Å². The van der Waals surface area contributed by atoms with Crippen LogP contribution in [0.3, 0.4) is 0 Å². The van der Waals surface area contributed by atoms with Gasteiger partial charge in [-0.2, -0.15) is 17.9 Å². The normalized spacial score (nSPS) is 12.4. The fourth-order valence-corrected chi connectivity index (χ4v) is 4.52. The Morgan fingerprint density at radius 3 is 2.65 bits per heavy atom. The highest BCUT2D eigenvalue weighted by Gasteiger charge is 2.33. The van der Waals surface area contributed by atoms with Crippen LogP contribution in [0.5, 0.6) is 0 Å². The maximum Gasteiger partial charge on any atom is 0.433 e. The Balaban J connectivity index is 1.65. The van der Waals surface area contributed by atoms with Crippen LogP contribution >= 0.6 is 11.3 Å². The lowest BCUT2D eigenvalue weighted by atomic mass is 10.1. The molecule has 0 saturated carbocycles. The van der Waals surface area contributed by atoms with Crippen molar-refractivity contribution in [3.8, 4) is 0 Å². The molecule has 0 radical (unpaired) electrons. The number of alkyl halides is 3. The molecular formula is C17H11F3N8O2S. The van der Waals surface area contributed by atoms with E-state index in [9.17, 15) is 23.3 Å². The van der Waals surface area contributed by atoms with Gasteiger partial charge in [0.1, 0.15) is 28.1 Å². The fourth-order valence-electron chi connectivity index (χ4n) is 3.34. The highest BCUT2D eigenvalue weighted by molar-refractivity contribution is 7.26. The highest BCUT2D eigenvalue weighted by atomic mass is 32.1. The van der Waals surface area contributed by atoms with Gasteiger partial charge in [-0.05, 0) is 30.4 Å². The molecule has 0 aliphatic rings. The molecule has 0 aromatic carbocycles. The summed E-state index contributed by atoms with van der Waals surface area (Å²) in [6, 6.07) is 2.34. The zero-order valence-electron chi connectivity index (χ0n) is 15.9. The number of hydrogen-bond acceptors (Lipinski definition) is 8. The van der Waals surface area contributed by atoms with Gasteiger partial charge in [0.05, 0.1) is 22.4 Å². The molecule has 0 saturated heterocycles. The van der Waals surface area contributed by atoms with E-state index in [1.165, 1.54) is 21.6 Å². The molecule has 0 aliphatic carbocycles. The summed E-state index contributed by atoms with van der Waals surface area (Å²) >= 11 is 1.06. The van der Waals surface area contributed by atoms with Crippen LogP contribution in [0, 0.1) is 24.0 Å². The van der Waals surface area contributed by atoms with E-state index in [1.807, 2.05) is 0 Å². The van der Waals surface area contributed by atoms with Crippen LogP contribution in [0.2, 0.25) is 0 Å². The number of hydrogen-bond donors (Lipinski definition) is 0. The molecule has 0 atom stereocenters. The van der Waals surface area contributed by atoms with Crippen molar-refractivity contribution in [1.82, 2.24) is 34.3 Å². The first-order valence-corrected chi connectivity index (χ1v) is 9.63. The second kappa shape index (κ2) is 6.41. The van der Waals surface area contributed by atoms with E-state index in [0.717, 1.165) is 17.4 Å². The second-order valence-corrected chi connectivity index (χ2v) is 7.88. The Labute approximate surface area is 174 Å². The maximum atomic E-state index is 13.1. The van der Waals surface area contributed by atoms with E-state index in [1.54, 1.807) is 13.8 Å². The minimum Gasteiger partial charge on any atom is -0.358 e. The zero-order chi connectivity index (χ0) is 22.1. The lowest BCUT2D eigenvalue weighted by molar-refractivity contribution is -0.389. The quantitative estimate of drug-likeness (QED) is 0.305. The van der Waals surface area contributed by atoms with E-state index in [0.29, 0.717) is 38.3 Å². The summed E-state index contributed by atoms with van der Waals surface area (Å²) in [4.78, 5) is 23.1. The number of aromatic nitrogens is 7. The summed E-state index contributed by atoms with van der Waals surface area (Å²) in [6.07, 6.45) is -3.13. The molecule has 14 heteroatoms. The van der Waals surface area contributed by atoms with Crippen molar-refractivity contribution in [2.24, 2.45) is 0 Å². The van der Waals surface area contributed by atoms with Crippen molar-refractivity contribution in [3.05, 3.63) is 51.4 Å². The SMILES string of the molecule is Cc1cc(C(F)(F)F)nc2sc3c(ncn4nc(Cn5nc([N+](=O)[O-])cc5C)nc34)c12. The number of aryl methyl sites for hydroxylation is 2. The van der Waals surface area contributed by atoms with Gasteiger partial charge in [-0.25, -0.2) is 19.5 Å². The first-order valence-electron chi connectivity index (χ1n) is 8.82. The van der Waals surface area contributed by atoms with Crippen LogP contribution in [-0.2, 0) is 12.7 Å². The van der Waals surface area contributed by atoms with Gasteiger partial charge in [0.2, 0.25) is 0 Å². The number of nitro groups is 1. The Morgan fingerprint density at radius 2 is 1.97 bits per heavy atom. The summed E-state index contributed by atoms with van der Waals surface area (Å²) < 4.78 is 42.8. The van der Waals surface area contributed by atoms with Crippen LogP contribution in [0.25, 0.3) is 26.1 Å². The monoisotopic (exact) mass is 448 g/mol. The van der Waals surface area contributed by atoms with Gasteiger partial charge in [0.25, 0.3) is 0 Å². The van der Waals surface area contributed by atoms with Gasteiger partial charge in [-0.15, -0.1) is 16.4 Å². The molecule has 0 amide bonds. The van der Waals surface area contributed by atoms with Crippen LogP contribution in [0.4, 0.5) is 19.0 Å². The topological polar surface area (TPSA) is 117 Å². The predicted molar refractivity (Wildman–Crippen MR) is 104 cm³/mol. The van der Waals surface area contributed by atoms with E-state index >= 15 is 0 Å². The number of pyridine rings is 1. The van der Waals surface area contributed by atoms with Crippen LogP contribution < -0.4 is 0 Å². The molecule has 5 heterocycles. The predicted octanol–water partition coefficient (Wildman–Crippen LogP) is 3.68. The van der Waals surface area contributed by atoms with Crippen LogP contribution in [0.15, 0.2) is 18.5 Å². The van der Waals surface area contributed by atoms with Crippen molar-refractivity contribution in [2.45, 2.75) is 26.6 Å². The number of halogens is 3. The minimum atomic E-state index is -4.55. The third-order valence-electron chi connectivity index (χ3n) is 4.75. The molecule has 0 N–H and O–H groups in total. The first kappa shape index (κ1) is 19.3. The molecule has 5 aromatic rings. The molecule has 0 fully saturated rings. The average Bonchev–Trinajstić information content (AvgIpc) is 3.35. The maximum absolute atomic E-state index is 13.1. The van der Waals surface area contributed by atoms with Crippen LogP contribution in [-0.4, -0.2) is 39.3 Å². The summed E-state index contributed by atoms with van der Waals surface area (Å²) in [5.41, 5.74) is 0.930. The number of rotatable bonds is 3. The van der Waals surface area contributed by atoms with Gasteiger partial charge in [-0.3, -0.25) is 0 Å². The van der Waals surface area contributed by atoms with E-state index in [4.69, 9.17) is 0 Å². The molecule has 10 nitrogen and oxygen atoms in total. The highest BCUT2D eigenvalue weighted by Crippen LogP contribution is 2.38. The lowest BCUT2D eigenvalue weighted by Gasteiger charge is -2.06. The van der Waals surface area contributed by atoms with Crippen molar-refractivity contribution >= 4 is 43.2 Å². The zero-order valence-corrected chi connectivity index (χ0v) is 16.7. The molecular weight excluding hydrogens is 437 g/mol. The molecule has 5 aromatic heterocycles. The molecule has 31 heavy (non-hydrogen) atoms. The lowest BCUT2D eigenvalue weighted by Crippen LogP contribution is -2.07. The molecule has 0 spiro atoms. The Hall–Kier alpha value is -3.68. The molecule has 0 bridgehead atoms. The molecule has 0 aliphatic heterocycles. The molecule has 5 rings (SSSR count). The minimum absolute atomic E-state index is 0.0865. The smallest absolute Gasteiger partial charge is 0.358 e. The van der Waals surface area contributed by atoms with Gasteiger partial charge in [0.15, 0.2) is 11.5 Å². The third kappa shape index (κ3) is 3.06. The second-order valence-electron chi connectivity index (χ2n) is 6.88. The Bertz CT molecular complexity index is 1520. The third-order valence-corrected chi connectivity index (χ3v) is 5.81. The van der Waals surface area contributed by atoms with Gasteiger partial charge < -0.3 is 10.1 Å². The number of fused-ring (bicyclic) bond motifs is 5. The average molecular weight is 448 g/mol. The molecule has 158 valence electrons. The number of nitrogens with zero attached hydrogens (tertiary/aromatic N) is 8. The van der Waals surface area contributed by atoms with Gasteiger partial charge >= 0.3 is 12.0 Å². The fraction of sp³-hybridized carbons (Fsp3) is 0.235. The first-order chi connectivity index (χ1) is 14.6. The van der Waals surface area contributed by atoms with Gasteiger partial charge in [-0.1, -0.05) is 0 Å². The largest absolute Gasteiger partial charge is 0.433 e. The molecule has 0 unspecified atom stereocenters. The Kier molecular flexibility index (Phi) is 3.99. The van der Waals surface area contributed by atoms with Crippen molar-refractivity contribution in [2.75, 3.05) is 0 Å². The van der Waals surface area contributed by atoms with E-state index in [2.05, 4.69) is 25.1 Å². The van der Waals surface area contributed by atoms with Crippen molar-refractivity contribution in [3.63, 3.8) is 0 Å². The summed E-state index contributed by atoms with van der Waals surface area (Å²) in [6.45, 7) is 3.34. The summed E-state index contributed by atoms with van der Waals surface area (Å²) in [5, 5.41) is 19.7. The summed E-state index contributed by atoms with van der Waals surface area (Å²) in [5.74, 6) is 0.0466. The Morgan fingerprint density at radius 1 is 1.19 bits per heavy atom. The summed E-state index contributed by atoms with van der Waals surface area (Å²) in [7, 11) is 0. The van der Waals surface area contributed by atoms with E-state index < -0.39 is 16.8 Å². The van der Waals surface area contributed by atoms with Crippen LogP contribution in [0.1, 0.15) is 22.8 Å². The standard InChI is InChI=1S/C17H11F3N8O2S/c1-7-3-9(17(18,19)20)22-16-12(7)13-14(31-16)15-23-10(24-27(15)6-21-13)5-26-8(2)4-11(25-26)28(29)30/h3-4,6H,5H2,1-2H3. The van der Waals surface area contributed by atoms with Crippen molar-refractivity contribution < 1.29 is 18.1 Å². The number of thiophene rings is 1. The van der Waals surface area contributed by atoms with Gasteiger partial charge in [0, 0.05) is 5.39 Å². The van der Waals surface area contributed by atoms with Crippen molar-refractivity contribution in [1.29, 1.82) is 0 Å².